The Morgan fingerprint density at radius 2 is 1.66 bits per heavy atom. The standard InChI is InChI=1S/C23H26FN3O2/c1-15-12-19-20(13-16(15)2)23(29)27(18-6-4-17(24)5-7-18)21(19)14-22(28)26-10-8-25(3)9-11-26/h4-7,12-13,21H,8-11,14H2,1-3H3. The number of amides is 2. The van der Waals surface area contributed by atoms with Gasteiger partial charge in [0.25, 0.3) is 5.91 Å². The largest absolute Gasteiger partial charge is 0.340 e. The normalized spacial score (nSPS) is 19.6. The summed E-state index contributed by atoms with van der Waals surface area (Å²) in [7, 11) is 2.05. The van der Waals surface area contributed by atoms with E-state index in [9.17, 15) is 14.0 Å². The highest BCUT2D eigenvalue weighted by Gasteiger charge is 2.40. The minimum Gasteiger partial charge on any atom is -0.340 e. The van der Waals surface area contributed by atoms with E-state index in [4.69, 9.17) is 0 Å². The van der Waals surface area contributed by atoms with Gasteiger partial charge < -0.3 is 14.7 Å². The fraction of sp³-hybridized carbons (Fsp3) is 0.391. The predicted molar refractivity (Wildman–Crippen MR) is 111 cm³/mol. The Morgan fingerprint density at radius 3 is 2.31 bits per heavy atom. The number of carbonyl (C=O) groups excluding carboxylic acids is 2. The van der Waals surface area contributed by atoms with E-state index in [1.165, 1.54) is 12.1 Å². The van der Waals surface area contributed by atoms with E-state index in [0.717, 1.165) is 29.8 Å². The monoisotopic (exact) mass is 395 g/mol. The Bertz CT molecular complexity index is 949. The summed E-state index contributed by atoms with van der Waals surface area (Å²) in [6, 6.07) is 9.45. The maximum atomic E-state index is 13.5. The molecular weight excluding hydrogens is 369 g/mol. The van der Waals surface area contributed by atoms with Gasteiger partial charge in [0.15, 0.2) is 0 Å². The SMILES string of the molecule is Cc1cc2c(cc1C)C(CC(=O)N1CCN(C)CC1)N(c1ccc(F)cc1)C2=O. The molecular formula is C23H26FN3O2. The molecule has 6 heteroatoms. The molecule has 1 fully saturated rings. The highest BCUT2D eigenvalue weighted by atomic mass is 19.1. The number of hydrogen-bond acceptors (Lipinski definition) is 3. The summed E-state index contributed by atoms with van der Waals surface area (Å²) >= 11 is 0. The average Bonchev–Trinajstić information content (AvgIpc) is 2.95. The molecule has 0 bridgehead atoms. The van der Waals surface area contributed by atoms with Crippen LogP contribution in [0.2, 0.25) is 0 Å². The van der Waals surface area contributed by atoms with Crippen LogP contribution in [0, 0.1) is 19.7 Å². The molecule has 4 rings (SSSR count). The molecule has 5 nitrogen and oxygen atoms in total. The Kier molecular flexibility index (Phi) is 5.13. The number of anilines is 1. The Balaban J connectivity index is 1.69. The molecule has 0 radical (unpaired) electrons. The fourth-order valence-electron chi connectivity index (χ4n) is 4.16. The molecule has 2 aromatic rings. The number of rotatable bonds is 3. The van der Waals surface area contributed by atoms with Gasteiger partial charge in [-0.3, -0.25) is 9.59 Å². The van der Waals surface area contributed by atoms with Gasteiger partial charge in [0.2, 0.25) is 5.91 Å². The van der Waals surface area contributed by atoms with E-state index in [1.54, 1.807) is 17.0 Å². The highest BCUT2D eigenvalue weighted by molar-refractivity contribution is 6.11. The lowest BCUT2D eigenvalue weighted by atomic mass is 9.96. The van der Waals surface area contributed by atoms with Crippen LogP contribution in [0.15, 0.2) is 36.4 Å². The smallest absolute Gasteiger partial charge is 0.259 e. The van der Waals surface area contributed by atoms with Gasteiger partial charge >= 0.3 is 0 Å². The molecule has 0 saturated carbocycles. The van der Waals surface area contributed by atoms with Gasteiger partial charge in [0.05, 0.1) is 12.5 Å². The van der Waals surface area contributed by atoms with Crippen LogP contribution in [0.1, 0.15) is 39.5 Å². The zero-order valence-electron chi connectivity index (χ0n) is 17.1. The molecule has 2 heterocycles. The lowest BCUT2D eigenvalue weighted by Gasteiger charge is -2.34. The maximum absolute atomic E-state index is 13.5. The molecule has 2 aliphatic rings. The van der Waals surface area contributed by atoms with E-state index < -0.39 is 0 Å². The highest BCUT2D eigenvalue weighted by Crippen LogP contribution is 2.41. The van der Waals surface area contributed by atoms with Crippen LogP contribution < -0.4 is 4.90 Å². The van der Waals surface area contributed by atoms with Gasteiger partial charge in [-0.25, -0.2) is 4.39 Å². The first kappa shape index (κ1) is 19.6. The molecule has 0 spiro atoms. The number of piperazine rings is 1. The minimum absolute atomic E-state index is 0.0501. The molecule has 1 saturated heterocycles. The van der Waals surface area contributed by atoms with Gasteiger partial charge in [-0.2, -0.15) is 0 Å². The fourth-order valence-corrected chi connectivity index (χ4v) is 4.16. The lowest BCUT2D eigenvalue weighted by Crippen LogP contribution is -2.47. The summed E-state index contributed by atoms with van der Waals surface area (Å²) in [6.45, 7) is 7.10. The molecule has 0 aliphatic carbocycles. The quantitative estimate of drug-likeness (QED) is 0.801. The molecule has 0 aromatic heterocycles. The van der Waals surface area contributed by atoms with Crippen molar-refractivity contribution in [3.05, 3.63) is 64.5 Å². The van der Waals surface area contributed by atoms with Crippen LogP contribution >= 0.6 is 0 Å². The van der Waals surface area contributed by atoms with Crippen molar-refractivity contribution in [1.82, 2.24) is 9.80 Å². The number of likely N-dealkylation sites (N-methyl/N-ethyl adjacent to an activating group) is 1. The molecule has 1 atom stereocenters. The zero-order chi connectivity index (χ0) is 20.7. The number of fused-ring (bicyclic) bond motifs is 1. The second-order valence-corrected chi connectivity index (χ2v) is 8.08. The van der Waals surface area contributed by atoms with Gasteiger partial charge in [-0.1, -0.05) is 6.07 Å². The first-order valence-electron chi connectivity index (χ1n) is 10.0. The number of halogens is 1. The van der Waals surface area contributed by atoms with E-state index in [-0.39, 0.29) is 30.1 Å². The van der Waals surface area contributed by atoms with Crippen LogP contribution in [-0.2, 0) is 4.79 Å². The molecule has 2 aromatic carbocycles. The molecule has 2 aliphatic heterocycles. The first-order chi connectivity index (χ1) is 13.8. The third-order valence-corrected chi connectivity index (χ3v) is 6.11. The van der Waals surface area contributed by atoms with Gasteiger partial charge in [-0.05, 0) is 67.9 Å². The number of carbonyl (C=O) groups is 2. The van der Waals surface area contributed by atoms with Crippen LogP contribution in [0.3, 0.4) is 0 Å². The lowest BCUT2D eigenvalue weighted by molar-refractivity contribution is -0.133. The average molecular weight is 395 g/mol. The second kappa shape index (κ2) is 7.59. The Morgan fingerprint density at radius 1 is 1.03 bits per heavy atom. The van der Waals surface area contributed by atoms with Crippen molar-refractivity contribution in [2.75, 3.05) is 38.1 Å². The topological polar surface area (TPSA) is 43.9 Å². The molecule has 2 amide bonds. The van der Waals surface area contributed by atoms with E-state index in [1.807, 2.05) is 30.9 Å². The van der Waals surface area contributed by atoms with Crippen molar-refractivity contribution in [3.8, 4) is 0 Å². The van der Waals surface area contributed by atoms with Gasteiger partial charge in [-0.15, -0.1) is 0 Å². The summed E-state index contributed by atoms with van der Waals surface area (Å²) in [4.78, 5) is 32.1. The van der Waals surface area contributed by atoms with Gasteiger partial charge in [0, 0.05) is 37.4 Å². The summed E-state index contributed by atoms with van der Waals surface area (Å²) in [5.41, 5.74) is 4.26. The van der Waals surface area contributed by atoms with Gasteiger partial charge in [0.1, 0.15) is 5.82 Å². The van der Waals surface area contributed by atoms with E-state index in [2.05, 4.69) is 11.9 Å². The molecule has 152 valence electrons. The van der Waals surface area contributed by atoms with E-state index >= 15 is 0 Å². The van der Waals surface area contributed by atoms with Crippen molar-refractivity contribution in [3.63, 3.8) is 0 Å². The van der Waals surface area contributed by atoms with E-state index in [0.29, 0.717) is 24.3 Å². The third-order valence-electron chi connectivity index (χ3n) is 6.11. The molecule has 1 unspecified atom stereocenters. The Labute approximate surface area is 170 Å². The number of hydrogen-bond donors (Lipinski definition) is 0. The van der Waals surface area contributed by atoms with Crippen molar-refractivity contribution in [1.29, 1.82) is 0 Å². The second-order valence-electron chi connectivity index (χ2n) is 8.08. The van der Waals surface area contributed by atoms with Crippen LogP contribution in [-0.4, -0.2) is 54.8 Å². The third kappa shape index (κ3) is 3.65. The van der Waals surface area contributed by atoms with Crippen LogP contribution in [0.5, 0.6) is 0 Å². The van der Waals surface area contributed by atoms with Crippen molar-refractivity contribution in [2.45, 2.75) is 26.3 Å². The maximum Gasteiger partial charge on any atom is 0.259 e. The summed E-state index contributed by atoms with van der Waals surface area (Å²) in [5.74, 6) is -0.436. The zero-order valence-corrected chi connectivity index (χ0v) is 17.1. The number of aryl methyl sites for hydroxylation is 2. The number of nitrogens with zero attached hydrogens (tertiary/aromatic N) is 3. The first-order valence-corrected chi connectivity index (χ1v) is 10.0. The van der Waals surface area contributed by atoms with Crippen LogP contribution in [0.25, 0.3) is 0 Å². The summed E-state index contributed by atoms with van der Waals surface area (Å²) < 4.78 is 13.5. The Hall–Kier alpha value is -2.73. The summed E-state index contributed by atoms with van der Waals surface area (Å²) in [5, 5.41) is 0. The minimum atomic E-state index is -0.380. The summed E-state index contributed by atoms with van der Waals surface area (Å²) in [6.07, 6.45) is 0.225. The molecule has 0 N–H and O–H groups in total. The van der Waals surface area contributed by atoms with Crippen molar-refractivity contribution in [2.24, 2.45) is 0 Å². The molecule has 29 heavy (non-hydrogen) atoms. The van der Waals surface area contributed by atoms with Crippen LogP contribution in [0.4, 0.5) is 10.1 Å². The van der Waals surface area contributed by atoms with Crippen molar-refractivity contribution >= 4 is 17.5 Å². The predicted octanol–water partition coefficient (Wildman–Crippen LogP) is 3.31. The van der Waals surface area contributed by atoms with Crippen molar-refractivity contribution < 1.29 is 14.0 Å². The number of benzene rings is 2.